The van der Waals surface area contributed by atoms with Gasteiger partial charge in [-0.3, -0.25) is 0 Å². The highest BCUT2D eigenvalue weighted by Crippen LogP contribution is 2.51. The second kappa shape index (κ2) is 12.3. The molecular weight excluding hydrogens is 834 g/mol. The first-order valence-corrected chi connectivity index (χ1v) is 56.7. The Balaban J connectivity index is 2.00. The summed E-state index contributed by atoms with van der Waals surface area (Å²) in [7, 11) is -40.3. The van der Waals surface area contributed by atoms with Gasteiger partial charge in [-0.25, -0.2) is 0 Å². The van der Waals surface area contributed by atoms with Gasteiger partial charge in [0.15, 0.2) is 0 Å². The maximum atomic E-state index is 7.65. The van der Waals surface area contributed by atoms with Crippen LogP contribution in [0.25, 0.3) is 0 Å². The minimum Gasteiger partial charge on any atom is -0.380 e. The zero-order chi connectivity index (χ0) is 33.1. The summed E-state index contributed by atoms with van der Waals surface area (Å²) < 4.78 is 91.8. The van der Waals surface area contributed by atoms with Crippen molar-refractivity contribution in [2.75, 3.05) is 0 Å². The molecule has 0 N–H and O–H groups in total. The van der Waals surface area contributed by atoms with Crippen LogP contribution < -0.4 is 0 Å². The van der Waals surface area contributed by atoms with E-state index in [4.69, 9.17) is 49.4 Å². The molecule has 8 bridgehead atoms. The van der Waals surface area contributed by atoms with Gasteiger partial charge in [-0.2, -0.15) is 0 Å². The minimum absolute atomic E-state index is 1.42. The Labute approximate surface area is 285 Å². The molecule has 0 atom stereocenters. The maximum absolute atomic E-state index is 7.65. The van der Waals surface area contributed by atoms with E-state index in [0.717, 1.165) is 0 Å². The summed E-state index contributed by atoms with van der Waals surface area (Å²) in [5, 5.41) is 0. The first kappa shape index (κ1) is 38.2. The van der Waals surface area contributed by atoms with Crippen molar-refractivity contribution in [3.8, 4) is 0 Å². The molecular formula is C16H48O12Si16. The fourth-order valence-electron chi connectivity index (χ4n) is 5.07. The molecule has 6 heterocycles. The normalized spacial score (nSPS) is 47.5. The fourth-order valence-corrected chi connectivity index (χ4v) is 139. The van der Waals surface area contributed by atoms with Crippen LogP contribution in [0.15, 0.2) is 0 Å². The van der Waals surface area contributed by atoms with Crippen molar-refractivity contribution >= 4 is 133 Å². The molecule has 12 nitrogen and oxygen atoms in total. The van der Waals surface area contributed by atoms with Crippen LogP contribution in [0.2, 0.25) is 105 Å². The first-order valence-electron chi connectivity index (χ1n) is 14.9. The van der Waals surface area contributed by atoms with E-state index < -0.39 is 133 Å². The van der Waals surface area contributed by atoms with Crippen molar-refractivity contribution in [2.45, 2.75) is 105 Å². The average molecular weight is 882 g/mol. The lowest BCUT2D eigenvalue weighted by atomic mass is 11.9. The third-order valence-corrected chi connectivity index (χ3v) is 95.2. The molecule has 248 valence electrons. The van der Waals surface area contributed by atoms with Crippen molar-refractivity contribution < 1.29 is 49.4 Å². The third kappa shape index (κ3) is 5.76. The summed E-state index contributed by atoms with van der Waals surface area (Å²) >= 11 is 0. The molecule has 8 radical (unpaired) electrons. The SMILES string of the molecule is C[Si](C)[Si]12O[Si]3([Si](C)C)O[Si]4([Si](C)C)O[Si]([Si](C)C)(O1)O[Si]1([Si](C)C)O[Si]([Si](C)C)(O2)O[Si]([Si](C)C)(O3)O[Si]([Si](C)C)(O4)O1. The molecule has 0 saturated carbocycles. The van der Waals surface area contributed by atoms with Crippen LogP contribution in [0, 0.1) is 0 Å². The summed E-state index contributed by atoms with van der Waals surface area (Å²) in [4.78, 5) is 0. The molecule has 0 amide bonds. The van der Waals surface area contributed by atoms with Gasteiger partial charge in [0.2, 0.25) is 0 Å². The van der Waals surface area contributed by atoms with E-state index in [1.165, 1.54) is 0 Å². The molecule has 0 aromatic heterocycles. The van der Waals surface area contributed by atoms with Gasteiger partial charge in [0, 0.05) is 0 Å². The standard InChI is InChI=1S/C16H48O12Si16/c1-29(2)37-17-38(30(3)4)20-41(33(9)10)22-39(18-37,31(5)6)24-43(35(13)14)25-40(19-37,32(7)8)23-42(21-38,34(11)12)27-44(26-41,28-43)36(15)16/h1-16H3. The predicted octanol–water partition coefficient (Wildman–Crippen LogP) is 2.43. The molecule has 6 aliphatic heterocycles. The van der Waals surface area contributed by atoms with E-state index in [2.05, 4.69) is 105 Å². The van der Waals surface area contributed by atoms with E-state index in [9.17, 15) is 0 Å². The lowest BCUT2D eigenvalue weighted by Crippen LogP contribution is -2.96. The van der Waals surface area contributed by atoms with Crippen LogP contribution >= 0.6 is 0 Å². The van der Waals surface area contributed by atoms with Crippen molar-refractivity contribution in [3.63, 3.8) is 0 Å². The zero-order valence-electron chi connectivity index (χ0n) is 28.9. The Morgan fingerprint density at radius 1 is 0.182 bits per heavy atom. The van der Waals surface area contributed by atoms with E-state index in [1.54, 1.807) is 0 Å². The molecule has 44 heavy (non-hydrogen) atoms. The molecule has 28 heteroatoms. The molecule has 0 unspecified atom stereocenters. The largest absolute Gasteiger partial charge is 0.444 e. The van der Waals surface area contributed by atoms with Crippen molar-refractivity contribution in [1.82, 2.24) is 0 Å². The summed E-state index contributed by atoms with van der Waals surface area (Å²) in [6, 6.07) is 0. The molecule has 0 aliphatic carbocycles. The van der Waals surface area contributed by atoms with Crippen LogP contribution in [0.1, 0.15) is 0 Å². The van der Waals surface area contributed by atoms with Gasteiger partial charge < -0.3 is 49.4 Å². The van der Waals surface area contributed by atoms with E-state index in [1.807, 2.05) is 0 Å². The van der Waals surface area contributed by atoms with Crippen LogP contribution in [0.3, 0.4) is 0 Å². The Hall–Kier alpha value is 2.99. The third-order valence-electron chi connectivity index (χ3n) is 8.12. The van der Waals surface area contributed by atoms with Crippen LogP contribution in [-0.2, 0) is 49.4 Å². The summed E-state index contributed by atoms with van der Waals surface area (Å²) in [5.74, 6) is 0. The van der Waals surface area contributed by atoms with Gasteiger partial charge in [-0.05, 0) is 0 Å². The molecule has 6 saturated heterocycles. The zero-order valence-corrected chi connectivity index (χ0v) is 44.9. The summed E-state index contributed by atoms with van der Waals surface area (Å²) in [5.41, 5.74) is 0. The summed E-state index contributed by atoms with van der Waals surface area (Å²) in [6.07, 6.45) is 0. The van der Waals surface area contributed by atoms with E-state index in [-0.39, 0.29) is 0 Å². The monoisotopic (exact) mass is 880 g/mol. The van der Waals surface area contributed by atoms with Gasteiger partial charge in [0.1, 0.15) is 66.5 Å². The topological polar surface area (TPSA) is 111 Å². The maximum Gasteiger partial charge on any atom is 0.444 e. The second-order valence-electron chi connectivity index (χ2n) is 13.7. The van der Waals surface area contributed by atoms with Crippen LogP contribution in [-0.4, -0.2) is 133 Å². The smallest absolute Gasteiger partial charge is 0.380 e. The van der Waals surface area contributed by atoms with Crippen LogP contribution in [0.5, 0.6) is 0 Å². The van der Waals surface area contributed by atoms with Crippen LogP contribution in [0.4, 0.5) is 0 Å². The second-order valence-corrected chi connectivity index (χ2v) is 87.1. The van der Waals surface area contributed by atoms with Gasteiger partial charge in [-0.1, -0.05) is 105 Å². The molecule has 0 aromatic carbocycles. The van der Waals surface area contributed by atoms with E-state index >= 15 is 0 Å². The highest BCUT2D eigenvalue weighted by atomic mass is 29.4. The molecule has 6 rings (SSSR count). The molecule has 0 aromatic rings. The Bertz CT molecular complexity index is 792. The minimum atomic E-state index is -3.62. The average Bonchev–Trinajstić information content (AvgIpc) is 2.80. The first-order chi connectivity index (χ1) is 20.0. The molecule has 6 fully saturated rings. The Morgan fingerprint density at radius 2 is 0.250 bits per heavy atom. The predicted molar refractivity (Wildman–Crippen MR) is 199 cm³/mol. The van der Waals surface area contributed by atoms with Gasteiger partial charge >= 0.3 is 66.6 Å². The number of hydrogen-bond donors (Lipinski definition) is 0. The molecule has 0 spiro atoms. The lowest BCUT2D eigenvalue weighted by Gasteiger charge is -2.67. The quantitative estimate of drug-likeness (QED) is 0.335. The lowest BCUT2D eigenvalue weighted by molar-refractivity contribution is 0.00912. The van der Waals surface area contributed by atoms with Gasteiger partial charge in [0.25, 0.3) is 0 Å². The van der Waals surface area contributed by atoms with Gasteiger partial charge in [-0.15, -0.1) is 0 Å². The highest BCUT2D eigenvalue weighted by molar-refractivity contribution is 7.49. The Morgan fingerprint density at radius 3 is 0.295 bits per heavy atom. The summed E-state index contributed by atoms with van der Waals surface area (Å²) in [6.45, 7) is 35.4. The van der Waals surface area contributed by atoms with Crippen molar-refractivity contribution in [2.24, 2.45) is 0 Å². The molecule has 6 aliphatic rings. The Kier molecular flexibility index (Phi) is 10.7. The van der Waals surface area contributed by atoms with Crippen molar-refractivity contribution in [3.05, 3.63) is 0 Å². The number of rotatable bonds is 8. The fraction of sp³-hybridized carbons (Fsp3) is 1.00. The van der Waals surface area contributed by atoms with Gasteiger partial charge in [0.05, 0.1) is 0 Å². The van der Waals surface area contributed by atoms with E-state index in [0.29, 0.717) is 0 Å². The number of hydrogen-bond acceptors (Lipinski definition) is 12. The van der Waals surface area contributed by atoms with Crippen molar-refractivity contribution in [1.29, 1.82) is 0 Å². The highest BCUT2D eigenvalue weighted by Gasteiger charge is 2.85.